The van der Waals surface area contributed by atoms with Crippen molar-refractivity contribution in [3.8, 4) is 11.5 Å². The lowest BCUT2D eigenvalue weighted by Gasteiger charge is -2.13. The number of carbonyl (C=O) groups is 3. The van der Waals surface area contributed by atoms with Gasteiger partial charge in [0.05, 0.1) is 26.4 Å². The number of ketones is 1. The molecule has 27 heavy (non-hydrogen) atoms. The van der Waals surface area contributed by atoms with E-state index in [1.165, 1.54) is 24.3 Å². The Bertz CT molecular complexity index is 696. The van der Waals surface area contributed by atoms with E-state index in [-0.39, 0.29) is 62.1 Å². The average Bonchev–Trinajstić information content (AvgIpc) is 2.95. The largest absolute Gasteiger partial charge is 0.504 e. The Labute approximate surface area is 157 Å². The molecule has 0 fully saturated rings. The van der Waals surface area contributed by atoms with Gasteiger partial charge in [0.1, 0.15) is 6.61 Å². The first-order valence-electron chi connectivity index (χ1n) is 8.69. The Morgan fingerprint density at radius 2 is 1.67 bits per heavy atom. The van der Waals surface area contributed by atoms with Crippen molar-refractivity contribution >= 4 is 17.6 Å². The highest BCUT2D eigenvalue weighted by molar-refractivity contribution is 6.12. The molecule has 1 aromatic rings. The van der Waals surface area contributed by atoms with Crippen molar-refractivity contribution in [2.45, 2.75) is 19.3 Å². The van der Waals surface area contributed by atoms with Crippen LogP contribution in [0.1, 0.15) is 18.4 Å². The normalized spacial score (nSPS) is 13.6. The molecule has 1 aromatic carbocycles. The van der Waals surface area contributed by atoms with Gasteiger partial charge >= 0.3 is 0 Å². The molecule has 0 saturated heterocycles. The van der Waals surface area contributed by atoms with Crippen LogP contribution in [-0.4, -0.2) is 65.7 Å². The fraction of sp³-hybridized carbons (Fsp3) is 0.421. The highest BCUT2D eigenvalue weighted by Gasteiger charge is 2.22. The summed E-state index contributed by atoms with van der Waals surface area (Å²) >= 11 is 0. The first-order valence-corrected chi connectivity index (χ1v) is 8.69. The molecular formula is C19H23NO7. The second-order valence-electron chi connectivity index (χ2n) is 6.04. The molecule has 0 aromatic heterocycles. The molecule has 0 unspecified atom stereocenters. The fourth-order valence-corrected chi connectivity index (χ4v) is 2.50. The van der Waals surface area contributed by atoms with Crippen molar-refractivity contribution in [1.82, 2.24) is 4.90 Å². The molecule has 8 heteroatoms. The van der Waals surface area contributed by atoms with Crippen molar-refractivity contribution in [3.63, 3.8) is 0 Å². The minimum Gasteiger partial charge on any atom is -0.504 e. The molecule has 1 aliphatic heterocycles. The van der Waals surface area contributed by atoms with Crippen LogP contribution in [0.2, 0.25) is 0 Å². The van der Waals surface area contributed by atoms with Crippen molar-refractivity contribution in [2.24, 2.45) is 0 Å². The summed E-state index contributed by atoms with van der Waals surface area (Å²) in [6.45, 7) is 0.922. The number of benzene rings is 1. The highest BCUT2D eigenvalue weighted by atomic mass is 16.5. The summed E-state index contributed by atoms with van der Waals surface area (Å²) in [5, 5.41) is 18.7. The molecule has 0 radical (unpaired) electrons. The number of nitrogens with zero attached hydrogens (tertiary/aromatic N) is 1. The topological polar surface area (TPSA) is 113 Å². The molecule has 0 atom stereocenters. The quantitative estimate of drug-likeness (QED) is 0.317. The summed E-state index contributed by atoms with van der Waals surface area (Å²) in [4.78, 5) is 35.5. The molecule has 2 N–H and O–H groups in total. The van der Waals surface area contributed by atoms with Gasteiger partial charge in [0.15, 0.2) is 17.3 Å². The Hall–Kier alpha value is -2.71. The van der Waals surface area contributed by atoms with E-state index in [4.69, 9.17) is 9.47 Å². The number of aryl methyl sites for hydroxylation is 1. The van der Waals surface area contributed by atoms with E-state index in [0.717, 1.165) is 10.5 Å². The summed E-state index contributed by atoms with van der Waals surface area (Å²) in [5.41, 5.74) is 0.845. The number of ether oxygens (including phenoxy) is 2. The summed E-state index contributed by atoms with van der Waals surface area (Å²) < 4.78 is 10.5. The molecule has 0 spiro atoms. The number of aromatic hydroxyl groups is 2. The van der Waals surface area contributed by atoms with Crippen LogP contribution in [-0.2, 0) is 30.3 Å². The standard InChI is InChI=1S/C19H23NO7/c21-15(3-1-2-14-4-5-16(22)17(23)12-14)13-27-11-10-26-9-8-20-18(24)6-7-19(20)25/h4-7,12,22-23H,1-3,8-11,13H2. The zero-order valence-electron chi connectivity index (χ0n) is 14.9. The summed E-state index contributed by atoms with van der Waals surface area (Å²) in [6, 6.07) is 4.60. The van der Waals surface area contributed by atoms with E-state index in [0.29, 0.717) is 19.3 Å². The minimum atomic E-state index is -0.340. The summed E-state index contributed by atoms with van der Waals surface area (Å²) in [6.07, 6.45) is 4.04. The summed E-state index contributed by atoms with van der Waals surface area (Å²) in [5.74, 6) is -1.05. The Morgan fingerprint density at radius 3 is 2.37 bits per heavy atom. The third kappa shape index (κ3) is 6.84. The van der Waals surface area contributed by atoms with E-state index in [1.54, 1.807) is 6.07 Å². The van der Waals surface area contributed by atoms with Gasteiger partial charge in [-0.05, 0) is 30.5 Å². The Morgan fingerprint density at radius 1 is 0.963 bits per heavy atom. The number of hydrogen-bond acceptors (Lipinski definition) is 7. The van der Waals surface area contributed by atoms with Crippen LogP contribution in [0, 0.1) is 0 Å². The number of Topliss-reactive ketones (excluding diaryl/α,β-unsaturated/α-hetero) is 1. The van der Waals surface area contributed by atoms with Crippen molar-refractivity contribution in [3.05, 3.63) is 35.9 Å². The molecule has 8 nitrogen and oxygen atoms in total. The van der Waals surface area contributed by atoms with Crippen LogP contribution in [0.4, 0.5) is 0 Å². The van der Waals surface area contributed by atoms with E-state index < -0.39 is 0 Å². The van der Waals surface area contributed by atoms with Crippen LogP contribution >= 0.6 is 0 Å². The number of phenols is 2. The highest BCUT2D eigenvalue weighted by Crippen LogP contribution is 2.25. The minimum absolute atomic E-state index is 0.00277. The number of carbonyl (C=O) groups excluding carboxylic acids is 3. The Kier molecular flexibility index (Phi) is 7.97. The third-order valence-electron chi connectivity index (χ3n) is 3.96. The van der Waals surface area contributed by atoms with Crippen LogP contribution < -0.4 is 0 Å². The maximum atomic E-state index is 11.7. The van der Waals surface area contributed by atoms with Gasteiger partial charge in [-0.3, -0.25) is 19.3 Å². The van der Waals surface area contributed by atoms with Gasteiger partial charge in [0.25, 0.3) is 11.8 Å². The smallest absolute Gasteiger partial charge is 0.253 e. The zero-order valence-corrected chi connectivity index (χ0v) is 14.9. The average molecular weight is 377 g/mol. The van der Waals surface area contributed by atoms with Gasteiger partial charge in [0.2, 0.25) is 0 Å². The summed E-state index contributed by atoms with van der Waals surface area (Å²) in [7, 11) is 0. The lowest BCUT2D eigenvalue weighted by atomic mass is 10.1. The number of phenolic OH excluding ortho intramolecular Hbond substituents is 2. The van der Waals surface area contributed by atoms with Crippen LogP contribution in [0.5, 0.6) is 11.5 Å². The first-order chi connectivity index (χ1) is 13.0. The first kappa shape index (κ1) is 20.6. The second kappa shape index (κ2) is 10.4. The molecule has 2 rings (SSSR count). The van der Waals surface area contributed by atoms with E-state index in [2.05, 4.69) is 0 Å². The van der Waals surface area contributed by atoms with E-state index in [1.807, 2.05) is 0 Å². The number of hydrogen-bond donors (Lipinski definition) is 2. The Balaban J connectivity index is 1.47. The molecular weight excluding hydrogens is 354 g/mol. The molecule has 0 saturated carbocycles. The van der Waals surface area contributed by atoms with Crippen molar-refractivity contribution in [2.75, 3.05) is 33.0 Å². The monoisotopic (exact) mass is 377 g/mol. The zero-order chi connectivity index (χ0) is 19.6. The molecule has 1 heterocycles. The van der Waals surface area contributed by atoms with E-state index >= 15 is 0 Å². The fourth-order valence-electron chi connectivity index (χ4n) is 2.50. The molecule has 1 aliphatic rings. The number of rotatable bonds is 12. The predicted octanol–water partition coefficient (Wildman–Crippen LogP) is 0.948. The van der Waals surface area contributed by atoms with Crippen LogP contribution in [0.25, 0.3) is 0 Å². The van der Waals surface area contributed by atoms with E-state index in [9.17, 15) is 24.6 Å². The molecule has 146 valence electrons. The van der Waals surface area contributed by atoms with Gasteiger partial charge in [-0.25, -0.2) is 0 Å². The predicted molar refractivity (Wildman–Crippen MR) is 95.2 cm³/mol. The van der Waals surface area contributed by atoms with Gasteiger partial charge in [-0.2, -0.15) is 0 Å². The maximum Gasteiger partial charge on any atom is 0.253 e. The molecule has 0 aliphatic carbocycles. The maximum absolute atomic E-state index is 11.7. The lowest BCUT2D eigenvalue weighted by Crippen LogP contribution is -2.33. The van der Waals surface area contributed by atoms with Crippen LogP contribution in [0.15, 0.2) is 30.4 Å². The molecule has 2 amide bonds. The number of imide groups is 1. The second-order valence-corrected chi connectivity index (χ2v) is 6.04. The SMILES string of the molecule is O=C(CCCc1ccc(O)c(O)c1)COCCOCCN1C(=O)C=CC1=O. The third-order valence-corrected chi connectivity index (χ3v) is 3.96. The van der Waals surface area contributed by atoms with Gasteiger partial charge in [0, 0.05) is 18.6 Å². The van der Waals surface area contributed by atoms with Crippen LogP contribution in [0.3, 0.4) is 0 Å². The van der Waals surface area contributed by atoms with Gasteiger partial charge in [-0.1, -0.05) is 6.07 Å². The molecule has 0 bridgehead atoms. The van der Waals surface area contributed by atoms with Gasteiger partial charge < -0.3 is 19.7 Å². The number of amides is 2. The van der Waals surface area contributed by atoms with Crippen molar-refractivity contribution < 1.29 is 34.1 Å². The van der Waals surface area contributed by atoms with Crippen molar-refractivity contribution in [1.29, 1.82) is 0 Å². The van der Waals surface area contributed by atoms with Gasteiger partial charge in [-0.15, -0.1) is 0 Å². The lowest BCUT2D eigenvalue weighted by molar-refractivity contribution is -0.138.